The fraction of sp³-hybridized carbons (Fsp3) is 0.0714. The minimum absolute atomic E-state index is 0.0991. The van der Waals surface area contributed by atoms with Crippen LogP contribution in [0.1, 0.15) is 11.1 Å². The highest BCUT2D eigenvalue weighted by molar-refractivity contribution is 6.31. The van der Waals surface area contributed by atoms with Crippen molar-refractivity contribution in [1.29, 1.82) is 5.26 Å². The van der Waals surface area contributed by atoms with Crippen molar-refractivity contribution in [2.24, 2.45) is 0 Å². The monoisotopic (exact) mass is 294 g/mol. The second-order valence-electron chi connectivity index (χ2n) is 3.91. The molecule has 96 valence electrons. The van der Waals surface area contributed by atoms with Gasteiger partial charge in [0.1, 0.15) is 11.9 Å². The van der Waals surface area contributed by atoms with Gasteiger partial charge in [-0.3, -0.25) is 0 Å². The van der Waals surface area contributed by atoms with Gasteiger partial charge < -0.3 is 5.32 Å². The first-order chi connectivity index (χ1) is 9.10. The third kappa shape index (κ3) is 3.37. The van der Waals surface area contributed by atoms with Crippen LogP contribution in [0.2, 0.25) is 10.0 Å². The number of hydrogen-bond acceptors (Lipinski definition) is 2. The van der Waals surface area contributed by atoms with Crippen LogP contribution in [-0.2, 0) is 6.54 Å². The van der Waals surface area contributed by atoms with E-state index in [-0.39, 0.29) is 5.02 Å². The number of rotatable bonds is 3. The van der Waals surface area contributed by atoms with Gasteiger partial charge >= 0.3 is 0 Å². The van der Waals surface area contributed by atoms with E-state index in [1.807, 2.05) is 6.07 Å². The van der Waals surface area contributed by atoms with Crippen molar-refractivity contribution in [2.45, 2.75) is 6.54 Å². The van der Waals surface area contributed by atoms with Crippen molar-refractivity contribution in [3.05, 3.63) is 63.4 Å². The minimum Gasteiger partial charge on any atom is -0.381 e. The molecule has 0 aliphatic heterocycles. The van der Waals surface area contributed by atoms with E-state index in [2.05, 4.69) is 5.32 Å². The number of halogens is 3. The standard InChI is InChI=1S/C14H9Cl2FN2/c15-12-4-2-11(6-10(12)7-18)19-8-9-1-3-13(16)14(17)5-9/h1-6,19H,8H2. The predicted octanol–water partition coefficient (Wildman–Crippen LogP) is 4.62. The number of hydrogen-bond donors (Lipinski definition) is 1. The van der Waals surface area contributed by atoms with Crippen LogP contribution in [0.25, 0.3) is 0 Å². The molecular weight excluding hydrogens is 286 g/mol. The Hall–Kier alpha value is -1.76. The Morgan fingerprint density at radius 1 is 1.11 bits per heavy atom. The van der Waals surface area contributed by atoms with E-state index in [0.717, 1.165) is 11.3 Å². The average molecular weight is 295 g/mol. The smallest absolute Gasteiger partial charge is 0.142 e. The van der Waals surface area contributed by atoms with Gasteiger partial charge in [-0.05, 0) is 35.9 Å². The molecular formula is C14H9Cl2FN2. The van der Waals surface area contributed by atoms with Gasteiger partial charge in [-0.15, -0.1) is 0 Å². The molecule has 0 saturated heterocycles. The van der Waals surface area contributed by atoms with Crippen molar-refractivity contribution in [2.75, 3.05) is 5.32 Å². The van der Waals surface area contributed by atoms with Gasteiger partial charge in [-0.2, -0.15) is 5.26 Å². The molecule has 2 aromatic carbocycles. The molecule has 0 spiro atoms. The maximum Gasteiger partial charge on any atom is 0.142 e. The molecule has 2 nitrogen and oxygen atoms in total. The molecule has 2 aromatic rings. The Morgan fingerprint density at radius 2 is 1.84 bits per heavy atom. The van der Waals surface area contributed by atoms with Crippen LogP contribution in [0.5, 0.6) is 0 Å². The highest BCUT2D eigenvalue weighted by Gasteiger charge is 2.03. The summed E-state index contributed by atoms with van der Waals surface area (Å²) in [6.07, 6.45) is 0. The van der Waals surface area contributed by atoms with E-state index >= 15 is 0 Å². The van der Waals surface area contributed by atoms with Crippen LogP contribution in [0.15, 0.2) is 36.4 Å². The van der Waals surface area contributed by atoms with Crippen LogP contribution in [0.3, 0.4) is 0 Å². The van der Waals surface area contributed by atoms with Crippen molar-refractivity contribution in [1.82, 2.24) is 0 Å². The summed E-state index contributed by atoms with van der Waals surface area (Å²) in [5.74, 6) is -0.449. The quantitative estimate of drug-likeness (QED) is 0.897. The lowest BCUT2D eigenvalue weighted by Gasteiger charge is -2.08. The average Bonchev–Trinajstić information content (AvgIpc) is 2.41. The molecule has 0 radical (unpaired) electrons. The zero-order valence-corrected chi connectivity index (χ0v) is 11.3. The van der Waals surface area contributed by atoms with Gasteiger partial charge in [-0.25, -0.2) is 4.39 Å². The third-order valence-corrected chi connectivity index (χ3v) is 3.20. The van der Waals surface area contributed by atoms with Crippen molar-refractivity contribution in [3.8, 4) is 6.07 Å². The Morgan fingerprint density at radius 3 is 2.53 bits per heavy atom. The molecule has 19 heavy (non-hydrogen) atoms. The Labute approximate surface area is 120 Å². The first-order valence-corrected chi connectivity index (χ1v) is 6.23. The molecule has 0 bridgehead atoms. The zero-order valence-electron chi connectivity index (χ0n) is 9.75. The second kappa shape index (κ2) is 5.92. The molecule has 1 N–H and O–H groups in total. The molecule has 0 amide bonds. The van der Waals surface area contributed by atoms with Crippen molar-refractivity contribution < 1.29 is 4.39 Å². The van der Waals surface area contributed by atoms with Gasteiger partial charge in [0.05, 0.1) is 15.6 Å². The number of benzene rings is 2. The highest BCUT2D eigenvalue weighted by Crippen LogP contribution is 2.21. The normalized spacial score (nSPS) is 10.0. The molecule has 0 aliphatic rings. The fourth-order valence-corrected chi connectivity index (χ4v) is 1.85. The topological polar surface area (TPSA) is 35.8 Å². The lowest BCUT2D eigenvalue weighted by Crippen LogP contribution is -2.00. The van der Waals surface area contributed by atoms with Crippen molar-refractivity contribution in [3.63, 3.8) is 0 Å². The summed E-state index contributed by atoms with van der Waals surface area (Å²) in [5.41, 5.74) is 1.90. The molecule has 0 unspecified atom stereocenters. The van der Waals surface area contributed by atoms with E-state index in [9.17, 15) is 4.39 Å². The number of nitrogens with zero attached hydrogens (tertiary/aromatic N) is 1. The molecule has 0 atom stereocenters. The summed E-state index contributed by atoms with van der Waals surface area (Å²) in [6, 6.07) is 11.7. The summed E-state index contributed by atoms with van der Waals surface area (Å²) >= 11 is 11.4. The van der Waals surface area contributed by atoms with E-state index in [1.165, 1.54) is 12.1 Å². The molecule has 0 fully saturated rings. The summed E-state index contributed by atoms with van der Waals surface area (Å²) < 4.78 is 13.3. The van der Waals surface area contributed by atoms with Crippen LogP contribution in [-0.4, -0.2) is 0 Å². The highest BCUT2D eigenvalue weighted by atomic mass is 35.5. The minimum atomic E-state index is -0.449. The van der Waals surface area contributed by atoms with E-state index in [0.29, 0.717) is 17.1 Å². The predicted molar refractivity (Wildman–Crippen MR) is 74.9 cm³/mol. The second-order valence-corrected chi connectivity index (χ2v) is 4.72. The maximum atomic E-state index is 13.3. The molecule has 2 rings (SSSR count). The Balaban J connectivity index is 2.10. The summed E-state index contributed by atoms with van der Waals surface area (Å²) in [6.45, 7) is 0.431. The molecule has 0 saturated carbocycles. The maximum absolute atomic E-state index is 13.3. The van der Waals surface area contributed by atoms with Crippen molar-refractivity contribution >= 4 is 28.9 Å². The molecule has 0 aromatic heterocycles. The summed E-state index contributed by atoms with van der Waals surface area (Å²) in [4.78, 5) is 0. The first kappa shape index (κ1) is 13.7. The Bertz CT molecular complexity index is 650. The SMILES string of the molecule is N#Cc1cc(NCc2ccc(Cl)c(F)c2)ccc1Cl. The molecule has 0 heterocycles. The van der Waals surface area contributed by atoms with Crippen LogP contribution < -0.4 is 5.32 Å². The zero-order chi connectivity index (χ0) is 13.8. The van der Waals surface area contributed by atoms with E-state index in [1.54, 1.807) is 24.3 Å². The largest absolute Gasteiger partial charge is 0.381 e. The van der Waals surface area contributed by atoms with Crippen LogP contribution in [0, 0.1) is 17.1 Å². The van der Waals surface area contributed by atoms with Crippen LogP contribution >= 0.6 is 23.2 Å². The first-order valence-electron chi connectivity index (χ1n) is 5.47. The number of nitriles is 1. The van der Waals surface area contributed by atoms with Gasteiger partial charge in [0.2, 0.25) is 0 Å². The lowest BCUT2D eigenvalue weighted by atomic mass is 10.2. The molecule has 0 aliphatic carbocycles. The van der Waals surface area contributed by atoms with Gasteiger partial charge in [0, 0.05) is 12.2 Å². The molecule has 5 heteroatoms. The van der Waals surface area contributed by atoms with E-state index in [4.69, 9.17) is 28.5 Å². The lowest BCUT2D eigenvalue weighted by molar-refractivity contribution is 0.626. The summed E-state index contributed by atoms with van der Waals surface area (Å²) in [5, 5.41) is 12.5. The number of anilines is 1. The van der Waals surface area contributed by atoms with Gasteiger partial charge in [0.25, 0.3) is 0 Å². The number of nitrogens with one attached hydrogen (secondary N) is 1. The summed E-state index contributed by atoms with van der Waals surface area (Å²) in [7, 11) is 0. The van der Waals surface area contributed by atoms with Gasteiger partial charge in [0.15, 0.2) is 0 Å². The fourth-order valence-electron chi connectivity index (χ4n) is 1.57. The van der Waals surface area contributed by atoms with Crippen LogP contribution in [0.4, 0.5) is 10.1 Å². The van der Waals surface area contributed by atoms with E-state index < -0.39 is 5.82 Å². The third-order valence-electron chi connectivity index (χ3n) is 2.57. The Kier molecular flexibility index (Phi) is 4.26. The van der Waals surface area contributed by atoms with Gasteiger partial charge in [-0.1, -0.05) is 29.3 Å².